The zero-order valence-electron chi connectivity index (χ0n) is 15.4. The van der Waals surface area contributed by atoms with Crippen LogP contribution in [0.25, 0.3) is 11.3 Å². The molecule has 2 aromatic heterocycles. The van der Waals surface area contributed by atoms with Crippen LogP contribution < -0.4 is 15.4 Å². The Morgan fingerprint density at radius 1 is 1.37 bits per heavy atom. The number of rotatable bonds is 1. The fourth-order valence-electron chi connectivity index (χ4n) is 3.21. The lowest BCUT2D eigenvalue weighted by atomic mass is 10.1. The van der Waals surface area contributed by atoms with Crippen molar-refractivity contribution in [1.82, 2.24) is 19.9 Å². The third-order valence-electron chi connectivity index (χ3n) is 4.79. The Hall–Kier alpha value is -3.09. The Labute approximate surface area is 157 Å². The molecular formula is C20H22FN5O. The highest BCUT2D eigenvalue weighted by atomic mass is 19.1. The van der Waals surface area contributed by atoms with E-state index in [0.717, 1.165) is 23.2 Å². The monoisotopic (exact) mass is 367 g/mol. The second-order valence-corrected chi connectivity index (χ2v) is 6.69. The molecule has 1 aliphatic rings. The van der Waals surface area contributed by atoms with E-state index in [-0.39, 0.29) is 18.0 Å². The van der Waals surface area contributed by atoms with Gasteiger partial charge in [-0.2, -0.15) is 5.10 Å². The third kappa shape index (κ3) is 3.32. The van der Waals surface area contributed by atoms with E-state index in [0.29, 0.717) is 23.8 Å². The lowest BCUT2D eigenvalue weighted by Crippen LogP contribution is -2.30. The smallest absolute Gasteiger partial charge is 0.166 e. The maximum absolute atomic E-state index is 13.9. The minimum atomic E-state index is -0.295. The van der Waals surface area contributed by atoms with Gasteiger partial charge in [-0.05, 0) is 37.6 Å². The number of nitrogens with one attached hydrogen (secondary N) is 2. The molecular weight excluding hydrogens is 345 g/mol. The molecule has 27 heavy (non-hydrogen) atoms. The van der Waals surface area contributed by atoms with E-state index in [1.807, 2.05) is 19.2 Å². The summed E-state index contributed by atoms with van der Waals surface area (Å²) in [7, 11) is 0. The minimum Gasteiger partial charge on any atom is -0.488 e. The van der Waals surface area contributed by atoms with Gasteiger partial charge in [-0.1, -0.05) is 13.5 Å². The summed E-state index contributed by atoms with van der Waals surface area (Å²) in [4.78, 5) is 4.67. The minimum absolute atomic E-state index is 0.0824. The lowest BCUT2D eigenvalue weighted by molar-refractivity contribution is 0.196. The number of aromatic nitrogens is 3. The van der Waals surface area contributed by atoms with Gasteiger partial charge in [-0.25, -0.2) is 13.9 Å². The zero-order valence-corrected chi connectivity index (χ0v) is 15.4. The summed E-state index contributed by atoms with van der Waals surface area (Å²) in [5.74, 6) is 1.04. The number of fused-ring (bicyclic) bond motifs is 2. The maximum Gasteiger partial charge on any atom is 0.166 e. The van der Waals surface area contributed by atoms with Crippen LogP contribution in [0.4, 0.5) is 10.2 Å². The summed E-state index contributed by atoms with van der Waals surface area (Å²) in [5.41, 5.74) is 3.03. The van der Waals surface area contributed by atoms with Crippen molar-refractivity contribution in [2.24, 2.45) is 0 Å². The van der Waals surface area contributed by atoms with Crippen molar-refractivity contribution in [3.8, 4) is 5.75 Å². The molecule has 7 heteroatoms. The quantitative estimate of drug-likeness (QED) is 0.685. The summed E-state index contributed by atoms with van der Waals surface area (Å²) in [5, 5.41) is 11.0. The van der Waals surface area contributed by atoms with Gasteiger partial charge in [0.2, 0.25) is 0 Å². The maximum atomic E-state index is 13.9. The first kappa shape index (κ1) is 17.3. The van der Waals surface area contributed by atoms with Gasteiger partial charge in [0.1, 0.15) is 23.5 Å². The van der Waals surface area contributed by atoms with Crippen molar-refractivity contribution in [2.45, 2.75) is 32.4 Å². The number of ether oxygens (including phenoxy) is 1. The van der Waals surface area contributed by atoms with E-state index < -0.39 is 0 Å². The SMILES string of the molecule is C=C1NC[C@@H](CC)Oc2ccc(F)cc2[C@@H](C)Nc2ccn3ncc1c3n2. The molecule has 0 spiro atoms. The molecule has 0 saturated heterocycles. The summed E-state index contributed by atoms with van der Waals surface area (Å²) < 4.78 is 21.8. The number of nitrogens with zero attached hydrogens (tertiary/aromatic N) is 3. The molecule has 0 amide bonds. The number of anilines is 1. The third-order valence-corrected chi connectivity index (χ3v) is 4.79. The highest BCUT2D eigenvalue weighted by Crippen LogP contribution is 2.30. The number of halogens is 1. The summed E-state index contributed by atoms with van der Waals surface area (Å²) in [6.45, 7) is 8.72. The van der Waals surface area contributed by atoms with E-state index in [1.54, 1.807) is 16.8 Å². The molecule has 1 aliphatic heterocycles. The molecule has 3 aromatic rings. The normalized spacial score (nSPS) is 19.9. The second-order valence-electron chi connectivity index (χ2n) is 6.69. The van der Waals surface area contributed by atoms with Crippen LogP contribution in [0.5, 0.6) is 5.75 Å². The topological polar surface area (TPSA) is 63.5 Å². The van der Waals surface area contributed by atoms with E-state index in [2.05, 4.69) is 34.2 Å². The van der Waals surface area contributed by atoms with Crippen molar-refractivity contribution < 1.29 is 9.13 Å². The highest BCUT2D eigenvalue weighted by molar-refractivity contribution is 5.73. The van der Waals surface area contributed by atoms with Crippen LogP contribution in [0.3, 0.4) is 0 Å². The van der Waals surface area contributed by atoms with Gasteiger partial charge in [0, 0.05) is 17.5 Å². The van der Waals surface area contributed by atoms with E-state index in [1.165, 1.54) is 12.1 Å². The van der Waals surface area contributed by atoms with Crippen LogP contribution in [0.15, 0.2) is 43.2 Å². The van der Waals surface area contributed by atoms with Crippen molar-refractivity contribution in [2.75, 3.05) is 11.9 Å². The second kappa shape index (κ2) is 6.90. The van der Waals surface area contributed by atoms with Gasteiger partial charge in [0.25, 0.3) is 0 Å². The molecule has 6 nitrogen and oxygen atoms in total. The van der Waals surface area contributed by atoms with Gasteiger partial charge in [0.05, 0.1) is 24.3 Å². The Morgan fingerprint density at radius 2 is 2.22 bits per heavy atom. The first-order chi connectivity index (χ1) is 13.0. The largest absolute Gasteiger partial charge is 0.488 e. The van der Waals surface area contributed by atoms with Crippen molar-refractivity contribution in [3.63, 3.8) is 0 Å². The fraction of sp³-hybridized carbons (Fsp3) is 0.300. The van der Waals surface area contributed by atoms with E-state index >= 15 is 0 Å². The van der Waals surface area contributed by atoms with Gasteiger partial charge >= 0.3 is 0 Å². The first-order valence-electron chi connectivity index (χ1n) is 9.05. The van der Waals surface area contributed by atoms with Crippen molar-refractivity contribution >= 4 is 17.2 Å². The standard InChI is InChI=1S/C20H22FN5O/c1-4-15-10-22-12(2)17-11-23-26-8-7-19(25-20(17)26)24-13(3)16-9-14(21)5-6-18(16)27-15/h5-9,11,13,15,22H,2,4,10H2,1,3H3,(H,24,25)/t13-,15-/m1/s1. The number of hydrogen-bond donors (Lipinski definition) is 2. The predicted molar refractivity (Wildman–Crippen MR) is 103 cm³/mol. The van der Waals surface area contributed by atoms with Crippen LogP contribution in [-0.2, 0) is 0 Å². The number of hydrogen-bond acceptors (Lipinski definition) is 5. The zero-order chi connectivity index (χ0) is 19.0. The van der Waals surface area contributed by atoms with Crippen LogP contribution in [0, 0.1) is 5.82 Å². The van der Waals surface area contributed by atoms with Crippen LogP contribution in [0.1, 0.15) is 37.4 Å². The van der Waals surface area contributed by atoms with Gasteiger partial charge in [0.15, 0.2) is 5.65 Å². The molecule has 2 bridgehead atoms. The summed E-state index contributed by atoms with van der Waals surface area (Å²) in [6, 6.07) is 6.27. The Bertz CT molecular complexity index is 999. The molecule has 0 aliphatic carbocycles. The molecule has 2 N–H and O–H groups in total. The summed E-state index contributed by atoms with van der Waals surface area (Å²) in [6.07, 6.45) is 4.30. The van der Waals surface area contributed by atoms with Gasteiger partial charge in [-0.15, -0.1) is 0 Å². The number of benzene rings is 1. The van der Waals surface area contributed by atoms with E-state index in [4.69, 9.17) is 4.74 Å². The molecule has 0 fully saturated rings. The Balaban J connectivity index is 1.82. The van der Waals surface area contributed by atoms with Crippen LogP contribution >= 0.6 is 0 Å². The molecule has 140 valence electrons. The molecule has 0 unspecified atom stereocenters. The van der Waals surface area contributed by atoms with Crippen molar-refractivity contribution in [1.29, 1.82) is 0 Å². The Morgan fingerprint density at radius 3 is 3.04 bits per heavy atom. The van der Waals surface area contributed by atoms with Gasteiger partial charge in [-0.3, -0.25) is 0 Å². The molecule has 0 radical (unpaired) electrons. The molecule has 0 saturated carbocycles. The first-order valence-corrected chi connectivity index (χ1v) is 9.05. The van der Waals surface area contributed by atoms with Crippen LogP contribution in [0.2, 0.25) is 0 Å². The van der Waals surface area contributed by atoms with Crippen LogP contribution in [-0.4, -0.2) is 27.2 Å². The average molecular weight is 367 g/mol. The summed E-state index contributed by atoms with van der Waals surface area (Å²) >= 11 is 0. The fourth-order valence-corrected chi connectivity index (χ4v) is 3.21. The predicted octanol–water partition coefficient (Wildman–Crippen LogP) is 3.77. The van der Waals surface area contributed by atoms with E-state index in [9.17, 15) is 4.39 Å². The molecule has 4 rings (SSSR count). The van der Waals surface area contributed by atoms with Crippen molar-refractivity contribution in [3.05, 3.63) is 60.2 Å². The molecule has 2 atom stereocenters. The molecule has 1 aromatic carbocycles. The highest BCUT2D eigenvalue weighted by Gasteiger charge is 2.19. The average Bonchev–Trinajstić information content (AvgIpc) is 3.08. The molecule has 3 heterocycles. The van der Waals surface area contributed by atoms with Gasteiger partial charge < -0.3 is 15.4 Å². The Kier molecular flexibility index (Phi) is 4.43. The lowest BCUT2D eigenvalue weighted by Gasteiger charge is -2.23.